The van der Waals surface area contributed by atoms with E-state index >= 15 is 0 Å². The number of ether oxygens (including phenoxy) is 1. The summed E-state index contributed by atoms with van der Waals surface area (Å²) in [7, 11) is 0. The first-order valence-electron chi connectivity index (χ1n) is 7.40. The number of benzene rings is 1. The van der Waals surface area contributed by atoms with Gasteiger partial charge in [0.2, 0.25) is 5.43 Å². The third-order valence-electron chi connectivity index (χ3n) is 3.35. The quantitative estimate of drug-likeness (QED) is 0.647. The molecule has 2 aromatic rings. The number of hydrogen-bond acceptors (Lipinski definition) is 5. The second-order valence-corrected chi connectivity index (χ2v) is 5.92. The Kier molecular flexibility index (Phi) is 5.79. The smallest absolute Gasteiger partial charge is 0.343 e. The van der Waals surface area contributed by atoms with Crippen molar-refractivity contribution in [2.75, 3.05) is 18.9 Å². The van der Waals surface area contributed by atoms with Crippen LogP contribution in [0.1, 0.15) is 24.2 Å². The van der Waals surface area contributed by atoms with Crippen LogP contribution in [0.15, 0.2) is 28.0 Å². The van der Waals surface area contributed by atoms with E-state index in [4.69, 9.17) is 10.5 Å². The van der Waals surface area contributed by atoms with Crippen LogP contribution in [0.5, 0.6) is 0 Å². The van der Waals surface area contributed by atoms with Gasteiger partial charge < -0.3 is 15.0 Å². The molecule has 0 aliphatic heterocycles. The van der Waals surface area contributed by atoms with Gasteiger partial charge >= 0.3 is 5.97 Å². The Bertz CT molecular complexity index is 789. The average Bonchev–Trinajstić information content (AvgIpc) is 2.54. The molecule has 0 unspecified atom stereocenters. The van der Waals surface area contributed by atoms with Gasteiger partial charge in [-0.25, -0.2) is 9.18 Å². The van der Waals surface area contributed by atoms with Crippen LogP contribution in [0.2, 0.25) is 0 Å². The minimum Gasteiger partial charge on any atom is -0.462 e. The molecule has 1 aromatic heterocycles. The van der Waals surface area contributed by atoms with Gasteiger partial charge in [-0.1, -0.05) is 0 Å². The van der Waals surface area contributed by atoms with Crippen molar-refractivity contribution >= 4 is 28.6 Å². The van der Waals surface area contributed by atoms with Gasteiger partial charge in [0.15, 0.2) is 0 Å². The van der Waals surface area contributed by atoms with E-state index in [0.29, 0.717) is 23.7 Å². The van der Waals surface area contributed by atoms with Crippen molar-refractivity contribution in [3.63, 3.8) is 0 Å². The van der Waals surface area contributed by atoms with Crippen molar-refractivity contribution in [2.45, 2.75) is 25.3 Å². The second kappa shape index (κ2) is 7.61. The lowest BCUT2D eigenvalue weighted by atomic mass is 10.1. The number of thioether (sulfide) groups is 1. The summed E-state index contributed by atoms with van der Waals surface area (Å²) in [6, 6.07) is 2.88. The van der Waals surface area contributed by atoms with Crippen molar-refractivity contribution in [1.82, 2.24) is 4.57 Å². The fourth-order valence-corrected chi connectivity index (χ4v) is 3.19. The minimum absolute atomic E-state index is 0.0820. The molecule has 5 nitrogen and oxygen atoms in total. The van der Waals surface area contributed by atoms with Crippen molar-refractivity contribution in [1.29, 1.82) is 0 Å². The first-order chi connectivity index (χ1) is 11.0. The van der Waals surface area contributed by atoms with Crippen molar-refractivity contribution < 1.29 is 13.9 Å². The molecule has 0 atom stereocenters. The molecular formula is C16H19FN2O3S. The number of pyridine rings is 1. The number of nitrogens with zero attached hydrogens (tertiary/aromatic N) is 1. The topological polar surface area (TPSA) is 74.3 Å². The van der Waals surface area contributed by atoms with E-state index in [2.05, 4.69) is 0 Å². The van der Waals surface area contributed by atoms with Gasteiger partial charge in [0.05, 0.1) is 17.5 Å². The van der Waals surface area contributed by atoms with Gasteiger partial charge in [0.25, 0.3) is 0 Å². The Morgan fingerprint density at radius 1 is 1.39 bits per heavy atom. The molecule has 2 rings (SSSR count). The molecule has 0 radical (unpaired) electrons. The summed E-state index contributed by atoms with van der Waals surface area (Å²) in [4.78, 5) is 25.4. The van der Waals surface area contributed by atoms with Crippen LogP contribution in [0.25, 0.3) is 10.9 Å². The number of esters is 1. The van der Waals surface area contributed by atoms with E-state index in [0.717, 1.165) is 0 Å². The normalized spacial score (nSPS) is 11.0. The Morgan fingerprint density at radius 3 is 2.74 bits per heavy atom. The van der Waals surface area contributed by atoms with E-state index < -0.39 is 17.2 Å². The standard InChI is InChI=1S/C16H19FN2O3S/c1-3-19-9-10(16(21)22-4-2)15(20)13-12(23-8-7-18)6-5-11(17)14(13)19/h5-6,9H,3-4,7-8,18H2,1-2H3. The highest BCUT2D eigenvalue weighted by Gasteiger charge is 2.20. The third-order valence-corrected chi connectivity index (χ3v) is 4.44. The molecule has 0 amide bonds. The molecule has 124 valence electrons. The summed E-state index contributed by atoms with van der Waals surface area (Å²) in [5.41, 5.74) is 5.12. The lowest BCUT2D eigenvalue weighted by molar-refractivity contribution is 0.0524. The van der Waals surface area contributed by atoms with Crippen molar-refractivity contribution in [3.8, 4) is 0 Å². The average molecular weight is 338 g/mol. The van der Waals surface area contributed by atoms with Gasteiger partial charge in [-0.05, 0) is 26.0 Å². The molecular weight excluding hydrogens is 319 g/mol. The van der Waals surface area contributed by atoms with Gasteiger partial charge in [-0.3, -0.25) is 4.79 Å². The fourth-order valence-electron chi connectivity index (χ4n) is 2.35. The van der Waals surface area contributed by atoms with Gasteiger partial charge in [-0.2, -0.15) is 0 Å². The molecule has 1 aromatic carbocycles. The summed E-state index contributed by atoms with van der Waals surface area (Å²) in [6.45, 7) is 4.51. The predicted molar refractivity (Wildman–Crippen MR) is 89.6 cm³/mol. The number of nitrogens with two attached hydrogens (primary N) is 1. The molecule has 7 heteroatoms. The Hall–Kier alpha value is -1.86. The summed E-state index contributed by atoms with van der Waals surface area (Å²) in [5, 5.41) is 0.204. The van der Waals surface area contributed by atoms with Gasteiger partial charge in [-0.15, -0.1) is 11.8 Å². The third kappa shape index (κ3) is 3.40. The molecule has 0 fully saturated rings. The SMILES string of the molecule is CCOC(=O)c1cn(CC)c2c(F)ccc(SCCN)c2c1=O. The van der Waals surface area contributed by atoms with Crippen LogP contribution in [0.3, 0.4) is 0 Å². The minimum atomic E-state index is -0.694. The number of hydrogen-bond donors (Lipinski definition) is 1. The summed E-state index contributed by atoms with van der Waals surface area (Å²) >= 11 is 1.37. The number of carbonyl (C=O) groups excluding carboxylic acids is 1. The lowest BCUT2D eigenvalue weighted by Gasteiger charge is -2.14. The first-order valence-corrected chi connectivity index (χ1v) is 8.39. The highest BCUT2D eigenvalue weighted by atomic mass is 32.2. The van der Waals surface area contributed by atoms with E-state index in [1.54, 1.807) is 17.6 Å². The number of halogens is 1. The molecule has 1 heterocycles. The Morgan fingerprint density at radius 2 is 2.13 bits per heavy atom. The number of fused-ring (bicyclic) bond motifs is 1. The van der Waals surface area contributed by atoms with Crippen LogP contribution in [0, 0.1) is 5.82 Å². The second-order valence-electron chi connectivity index (χ2n) is 4.78. The molecule has 0 aliphatic rings. The maximum absolute atomic E-state index is 14.3. The number of carbonyl (C=O) groups is 1. The first kappa shape index (κ1) is 17.5. The molecule has 23 heavy (non-hydrogen) atoms. The molecule has 0 saturated heterocycles. The zero-order valence-electron chi connectivity index (χ0n) is 13.1. The Balaban J connectivity index is 2.81. The molecule has 0 bridgehead atoms. The van der Waals surface area contributed by atoms with Crippen molar-refractivity contribution in [2.24, 2.45) is 5.73 Å². The van der Waals surface area contributed by atoms with Crippen LogP contribution in [-0.4, -0.2) is 29.4 Å². The highest BCUT2D eigenvalue weighted by Crippen LogP contribution is 2.28. The van der Waals surface area contributed by atoms with Crippen LogP contribution in [-0.2, 0) is 11.3 Å². The van der Waals surface area contributed by atoms with Crippen molar-refractivity contribution in [3.05, 3.63) is 39.9 Å². The van der Waals surface area contributed by atoms with E-state index in [1.807, 2.05) is 6.92 Å². The predicted octanol–water partition coefficient (Wildman–Crippen LogP) is 2.39. The van der Waals surface area contributed by atoms with Crippen LogP contribution >= 0.6 is 11.8 Å². The van der Waals surface area contributed by atoms with Crippen LogP contribution < -0.4 is 11.2 Å². The number of aryl methyl sites for hydroxylation is 1. The maximum Gasteiger partial charge on any atom is 0.343 e. The van der Waals surface area contributed by atoms with E-state index in [-0.39, 0.29) is 23.1 Å². The van der Waals surface area contributed by atoms with Gasteiger partial charge in [0, 0.05) is 29.9 Å². The highest BCUT2D eigenvalue weighted by molar-refractivity contribution is 7.99. The number of rotatable bonds is 6. The van der Waals surface area contributed by atoms with Crippen LogP contribution in [0.4, 0.5) is 4.39 Å². The molecule has 2 N–H and O–H groups in total. The van der Waals surface area contributed by atoms with E-state index in [9.17, 15) is 14.0 Å². The summed E-state index contributed by atoms with van der Waals surface area (Å²) in [5.74, 6) is -0.595. The molecule has 0 aliphatic carbocycles. The van der Waals surface area contributed by atoms with E-state index in [1.165, 1.54) is 24.0 Å². The monoisotopic (exact) mass is 338 g/mol. The Labute approximate surface area is 137 Å². The molecule has 0 spiro atoms. The zero-order chi connectivity index (χ0) is 17.0. The largest absolute Gasteiger partial charge is 0.462 e. The number of aromatic nitrogens is 1. The lowest BCUT2D eigenvalue weighted by Crippen LogP contribution is -2.22. The van der Waals surface area contributed by atoms with Gasteiger partial charge in [0.1, 0.15) is 11.4 Å². The summed E-state index contributed by atoms with van der Waals surface area (Å²) in [6.07, 6.45) is 1.36. The zero-order valence-corrected chi connectivity index (χ0v) is 13.9. The maximum atomic E-state index is 14.3. The molecule has 0 saturated carbocycles. The summed E-state index contributed by atoms with van der Waals surface area (Å²) < 4.78 is 20.8. The fraction of sp³-hybridized carbons (Fsp3) is 0.375.